The Morgan fingerprint density at radius 1 is 0.690 bits per heavy atom. The highest BCUT2D eigenvalue weighted by molar-refractivity contribution is 5.64. The van der Waals surface area contributed by atoms with Crippen LogP contribution in [-0.2, 0) is 0 Å². The fourth-order valence-corrected chi connectivity index (χ4v) is 6.83. The second-order valence-corrected chi connectivity index (χ2v) is 12.1. The molecule has 7 heteroatoms. The average molecular weight is 589 g/mol. The van der Waals surface area contributed by atoms with Crippen LogP contribution in [0.5, 0.6) is 5.75 Å². The van der Waals surface area contributed by atoms with E-state index in [2.05, 4.69) is 35.9 Å². The van der Waals surface area contributed by atoms with Crippen molar-refractivity contribution < 1.29 is 31.1 Å². The molecule has 0 radical (unpaired) electrons. The second-order valence-electron chi connectivity index (χ2n) is 12.1. The Labute approximate surface area is 244 Å². The third kappa shape index (κ3) is 6.98. The molecular weight excluding hydrogens is 550 g/mol. The van der Waals surface area contributed by atoms with Crippen LogP contribution >= 0.6 is 0 Å². The van der Waals surface area contributed by atoms with Crippen molar-refractivity contribution in [2.45, 2.75) is 95.5 Å². The lowest BCUT2D eigenvalue weighted by molar-refractivity contribution is -0.222. The molecule has 42 heavy (non-hydrogen) atoms. The van der Waals surface area contributed by atoms with Gasteiger partial charge in [0.25, 0.3) is 0 Å². The van der Waals surface area contributed by atoms with Crippen molar-refractivity contribution in [2.24, 2.45) is 11.8 Å². The molecule has 3 aromatic rings. The van der Waals surface area contributed by atoms with Gasteiger partial charge in [-0.1, -0.05) is 62.6 Å². The minimum Gasteiger partial charge on any atom is -0.432 e. The third-order valence-electron chi connectivity index (χ3n) is 9.38. The third-order valence-corrected chi connectivity index (χ3v) is 9.38. The van der Waals surface area contributed by atoms with E-state index in [4.69, 9.17) is 0 Å². The van der Waals surface area contributed by atoms with Crippen molar-refractivity contribution in [3.63, 3.8) is 0 Å². The highest BCUT2D eigenvalue weighted by Crippen LogP contribution is 2.44. The summed E-state index contributed by atoms with van der Waals surface area (Å²) in [5.74, 6) is -6.06. The molecule has 2 fully saturated rings. The highest BCUT2D eigenvalue weighted by Gasteiger charge is 2.44. The molecule has 2 aliphatic rings. The molecule has 0 aliphatic heterocycles. The molecule has 0 aromatic heterocycles. The summed E-state index contributed by atoms with van der Waals surface area (Å²) in [6.45, 7) is 2.24. The Kier molecular flexibility index (Phi) is 9.54. The molecule has 0 amide bonds. The molecule has 0 N–H and O–H groups in total. The predicted molar refractivity (Wildman–Crippen MR) is 153 cm³/mol. The minimum absolute atomic E-state index is 0.0486. The van der Waals surface area contributed by atoms with Gasteiger partial charge < -0.3 is 4.74 Å². The molecule has 0 spiro atoms. The zero-order valence-corrected chi connectivity index (χ0v) is 24.0. The predicted octanol–water partition coefficient (Wildman–Crippen LogP) is 11.3. The van der Waals surface area contributed by atoms with E-state index < -0.39 is 35.2 Å². The van der Waals surface area contributed by atoms with Gasteiger partial charge in [0.2, 0.25) is 0 Å². The van der Waals surface area contributed by atoms with E-state index >= 15 is 4.39 Å². The largest absolute Gasteiger partial charge is 0.432 e. The van der Waals surface area contributed by atoms with E-state index in [0.717, 1.165) is 17.0 Å². The van der Waals surface area contributed by atoms with Gasteiger partial charge in [0.05, 0.1) is 5.92 Å². The average Bonchev–Trinajstić information content (AvgIpc) is 2.99. The summed E-state index contributed by atoms with van der Waals surface area (Å²) >= 11 is 0. The standard InChI is InChI=1S/C35H38F6O/c1-2-3-4-22-5-7-23(8-6-22)24-9-11-25(12-10-24)27-15-18-30(31(36)19-27)26-13-16-28(17-14-26)35(40,41)42-29-20-32(37)34(39)33(38)21-29/h9-12,15,18-23,26,28H,2-8,13-14,16-17H2,1H3. The Balaban J connectivity index is 1.17. The van der Waals surface area contributed by atoms with Crippen molar-refractivity contribution in [3.05, 3.63) is 89.0 Å². The zero-order chi connectivity index (χ0) is 29.9. The van der Waals surface area contributed by atoms with E-state index in [9.17, 15) is 22.0 Å². The van der Waals surface area contributed by atoms with E-state index in [1.54, 1.807) is 6.07 Å². The van der Waals surface area contributed by atoms with Crippen LogP contribution < -0.4 is 4.74 Å². The second kappa shape index (κ2) is 13.1. The monoisotopic (exact) mass is 588 g/mol. The van der Waals surface area contributed by atoms with Gasteiger partial charge in [-0.15, -0.1) is 0 Å². The number of hydrogen-bond donors (Lipinski definition) is 0. The first-order chi connectivity index (χ1) is 20.1. The molecule has 0 bridgehead atoms. The smallest absolute Gasteiger partial charge is 0.400 e. The first-order valence-electron chi connectivity index (χ1n) is 15.3. The van der Waals surface area contributed by atoms with E-state index in [1.165, 1.54) is 56.6 Å². The number of hydrogen-bond acceptors (Lipinski definition) is 1. The number of ether oxygens (including phenoxy) is 1. The Morgan fingerprint density at radius 3 is 1.88 bits per heavy atom. The van der Waals surface area contributed by atoms with Gasteiger partial charge in [0, 0.05) is 12.1 Å². The van der Waals surface area contributed by atoms with Crippen molar-refractivity contribution >= 4 is 0 Å². The molecule has 0 atom stereocenters. The number of benzene rings is 3. The van der Waals surface area contributed by atoms with Crippen molar-refractivity contribution in [1.29, 1.82) is 0 Å². The molecule has 2 aliphatic carbocycles. The van der Waals surface area contributed by atoms with Crippen molar-refractivity contribution in [3.8, 4) is 16.9 Å². The van der Waals surface area contributed by atoms with Gasteiger partial charge in [-0.2, -0.15) is 8.78 Å². The number of unbranched alkanes of at least 4 members (excludes halogenated alkanes) is 1. The fraction of sp³-hybridized carbons (Fsp3) is 0.486. The van der Waals surface area contributed by atoms with Crippen LogP contribution in [0.1, 0.15) is 101 Å². The highest BCUT2D eigenvalue weighted by atomic mass is 19.3. The summed E-state index contributed by atoms with van der Waals surface area (Å²) in [5.41, 5.74) is 3.56. The van der Waals surface area contributed by atoms with Crippen LogP contribution in [0.25, 0.3) is 11.1 Å². The summed E-state index contributed by atoms with van der Waals surface area (Å²) in [7, 11) is 0. The normalized spacial score (nSPS) is 23.1. The number of halogens is 6. The SMILES string of the molecule is CCCCC1CCC(c2ccc(-c3ccc(C4CCC(C(F)(F)Oc5cc(F)c(F)c(F)c5)CC4)c(F)c3)cc2)CC1. The summed E-state index contributed by atoms with van der Waals surface area (Å²) in [6, 6.07) is 14.4. The quantitative estimate of drug-likeness (QED) is 0.178. The lowest BCUT2D eigenvalue weighted by Gasteiger charge is -2.33. The van der Waals surface area contributed by atoms with Gasteiger partial charge >= 0.3 is 6.11 Å². The van der Waals surface area contributed by atoms with E-state index in [0.29, 0.717) is 36.5 Å². The molecule has 0 saturated heterocycles. The molecule has 1 nitrogen and oxygen atoms in total. The van der Waals surface area contributed by atoms with E-state index in [-0.39, 0.29) is 24.6 Å². The van der Waals surface area contributed by atoms with E-state index in [1.807, 2.05) is 6.07 Å². The Hall–Kier alpha value is -2.96. The molecule has 0 heterocycles. The van der Waals surface area contributed by atoms with Gasteiger partial charge in [0.1, 0.15) is 11.6 Å². The van der Waals surface area contributed by atoms with Crippen LogP contribution in [0.4, 0.5) is 26.3 Å². The Morgan fingerprint density at radius 2 is 1.29 bits per heavy atom. The first-order valence-corrected chi connectivity index (χ1v) is 15.3. The number of alkyl halides is 2. The maximum absolute atomic E-state index is 15.3. The maximum atomic E-state index is 15.3. The van der Waals surface area contributed by atoms with Crippen LogP contribution in [0.2, 0.25) is 0 Å². The van der Waals surface area contributed by atoms with Crippen LogP contribution in [0.3, 0.4) is 0 Å². The summed E-state index contributed by atoms with van der Waals surface area (Å²) < 4.78 is 89.5. The summed E-state index contributed by atoms with van der Waals surface area (Å²) in [4.78, 5) is 0. The fourth-order valence-electron chi connectivity index (χ4n) is 6.83. The summed E-state index contributed by atoms with van der Waals surface area (Å²) in [6.07, 6.45) is 5.98. The number of rotatable bonds is 9. The lowest BCUT2D eigenvalue weighted by atomic mass is 9.77. The molecule has 3 aromatic carbocycles. The molecule has 226 valence electrons. The van der Waals surface area contributed by atoms with Crippen LogP contribution in [0, 0.1) is 35.1 Å². The zero-order valence-electron chi connectivity index (χ0n) is 24.0. The molecular formula is C35H38F6O. The molecule has 5 rings (SSSR count). The van der Waals surface area contributed by atoms with Crippen molar-refractivity contribution in [1.82, 2.24) is 0 Å². The molecule has 2 saturated carbocycles. The van der Waals surface area contributed by atoms with Gasteiger partial charge in [0.15, 0.2) is 17.5 Å². The topological polar surface area (TPSA) is 9.23 Å². The Bertz CT molecular complexity index is 1320. The minimum atomic E-state index is -3.70. The van der Waals surface area contributed by atoms with Crippen LogP contribution in [-0.4, -0.2) is 6.11 Å². The summed E-state index contributed by atoms with van der Waals surface area (Å²) in [5, 5.41) is 0. The lowest BCUT2D eigenvalue weighted by Crippen LogP contribution is -2.37. The first kappa shape index (κ1) is 30.5. The van der Waals surface area contributed by atoms with Crippen molar-refractivity contribution in [2.75, 3.05) is 0 Å². The molecule has 0 unspecified atom stereocenters. The van der Waals surface area contributed by atoms with Gasteiger partial charge in [-0.05, 0) is 97.4 Å². The van der Waals surface area contributed by atoms with Crippen LogP contribution in [0.15, 0.2) is 54.6 Å². The van der Waals surface area contributed by atoms with Gasteiger partial charge in [-0.25, -0.2) is 17.6 Å². The van der Waals surface area contributed by atoms with Gasteiger partial charge in [-0.3, -0.25) is 0 Å². The maximum Gasteiger partial charge on any atom is 0.400 e.